The van der Waals surface area contributed by atoms with Crippen LogP contribution < -0.4 is 0 Å². The van der Waals surface area contributed by atoms with Crippen LogP contribution in [0.1, 0.15) is 41.6 Å². The average Bonchev–Trinajstić information content (AvgIpc) is 2.43. The second-order valence-electron chi connectivity index (χ2n) is 5.64. The summed E-state index contributed by atoms with van der Waals surface area (Å²) in [6, 6.07) is 4.35. The summed E-state index contributed by atoms with van der Waals surface area (Å²) in [5, 5.41) is 11.0. The highest BCUT2D eigenvalue weighted by Crippen LogP contribution is 2.36. The fourth-order valence-electron chi connectivity index (χ4n) is 2.76. The molecule has 0 bridgehead atoms. The highest BCUT2D eigenvalue weighted by Gasteiger charge is 2.36. The molecule has 1 saturated carbocycles. The Morgan fingerprint density at radius 3 is 2.86 bits per heavy atom. The minimum Gasteiger partial charge on any atom is -0.462 e. The number of rotatable bonds is 4. The zero-order valence-electron chi connectivity index (χ0n) is 12.2. The van der Waals surface area contributed by atoms with E-state index < -0.39 is 22.7 Å². The standard InChI is InChI=1S/C15H17F2NO4/c1-10-4-2-6-12(13(10)18(20)21)14(19)22-9-11-5-3-7-15(16,17)8-11/h2,4,6,11H,3,5,7-9H2,1H3/t11-/m0/s1. The Labute approximate surface area is 126 Å². The van der Waals surface area contributed by atoms with E-state index in [1.807, 2.05) is 0 Å². The fraction of sp³-hybridized carbons (Fsp3) is 0.533. The molecule has 7 heteroatoms. The van der Waals surface area contributed by atoms with Crippen molar-refractivity contribution in [2.24, 2.45) is 5.92 Å². The van der Waals surface area contributed by atoms with Crippen LogP contribution >= 0.6 is 0 Å². The molecule has 1 aromatic carbocycles. The van der Waals surface area contributed by atoms with Gasteiger partial charge in [-0.25, -0.2) is 13.6 Å². The normalized spacial score (nSPS) is 20.4. The first-order valence-corrected chi connectivity index (χ1v) is 7.09. The van der Waals surface area contributed by atoms with Crippen LogP contribution in [0.2, 0.25) is 0 Å². The molecule has 0 amide bonds. The van der Waals surface area contributed by atoms with Crippen molar-refractivity contribution in [1.82, 2.24) is 0 Å². The minimum atomic E-state index is -2.72. The number of halogens is 2. The average molecular weight is 313 g/mol. The van der Waals surface area contributed by atoms with Gasteiger partial charge < -0.3 is 4.74 Å². The molecule has 22 heavy (non-hydrogen) atoms. The van der Waals surface area contributed by atoms with Crippen molar-refractivity contribution in [3.63, 3.8) is 0 Å². The van der Waals surface area contributed by atoms with Gasteiger partial charge in [0.2, 0.25) is 5.92 Å². The Bertz CT molecular complexity index is 589. The molecule has 0 saturated heterocycles. The summed E-state index contributed by atoms with van der Waals surface area (Å²) in [7, 11) is 0. The lowest BCUT2D eigenvalue weighted by molar-refractivity contribution is -0.385. The number of nitro benzene ring substituents is 1. The number of ether oxygens (including phenoxy) is 1. The molecule has 1 atom stereocenters. The van der Waals surface area contributed by atoms with Gasteiger partial charge in [-0.15, -0.1) is 0 Å². The molecule has 0 aliphatic heterocycles. The van der Waals surface area contributed by atoms with Gasteiger partial charge in [-0.2, -0.15) is 0 Å². The van der Waals surface area contributed by atoms with Gasteiger partial charge in [0.15, 0.2) is 0 Å². The van der Waals surface area contributed by atoms with Crippen molar-refractivity contribution in [3.8, 4) is 0 Å². The molecule has 0 unspecified atom stereocenters. The minimum absolute atomic E-state index is 0.138. The van der Waals surface area contributed by atoms with Gasteiger partial charge in [0.05, 0.1) is 11.5 Å². The highest BCUT2D eigenvalue weighted by molar-refractivity contribution is 5.94. The Hall–Kier alpha value is -2.05. The third-order valence-electron chi connectivity index (χ3n) is 3.83. The van der Waals surface area contributed by atoms with E-state index in [0.29, 0.717) is 18.4 Å². The molecule has 0 radical (unpaired) electrons. The van der Waals surface area contributed by atoms with E-state index in [-0.39, 0.29) is 30.7 Å². The van der Waals surface area contributed by atoms with Crippen molar-refractivity contribution in [2.75, 3.05) is 6.61 Å². The van der Waals surface area contributed by atoms with Gasteiger partial charge in [0.1, 0.15) is 5.56 Å². The maximum absolute atomic E-state index is 13.3. The number of aryl methyl sites for hydroxylation is 1. The van der Waals surface area contributed by atoms with Crippen molar-refractivity contribution in [3.05, 3.63) is 39.4 Å². The number of esters is 1. The van der Waals surface area contributed by atoms with Crippen molar-refractivity contribution < 1.29 is 23.2 Å². The van der Waals surface area contributed by atoms with Crippen LogP contribution in [0, 0.1) is 23.0 Å². The summed E-state index contributed by atoms with van der Waals surface area (Å²) in [6.45, 7) is 1.39. The summed E-state index contributed by atoms with van der Waals surface area (Å²) < 4.78 is 31.6. The van der Waals surface area contributed by atoms with Crippen LogP contribution in [0.4, 0.5) is 14.5 Å². The maximum atomic E-state index is 13.3. The molecular formula is C15H17F2NO4. The second kappa shape index (κ2) is 6.37. The van der Waals surface area contributed by atoms with E-state index in [1.165, 1.54) is 25.1 Å². The van der Waals surface area contributed by atoms with Gasteiger partial charge in [0, 0.05) is 18.4 Å². The van der Waals surface area contributed by atoms with Crippen LogP contribution in [0.25, 0.3) is 0 Å². The molecule has 2 rings (SSSR count). The van der Waals surface area contributed by atoms with Crippen molar-refractivity contribution in [2.45, 2.75) is 38.5 Å². The summed E-state index contributed by atoms with van der Waals surface area (Å²) in [6.07, 6.45) is 0.510. The molecule has 1 aliphatic rings. The van der Waals surface area contributed by atoms with Crippen LogP contribution in [-0.4, -0.2) is 23.4 Å². The van der Waals surface area contributed by atoms with Crippen LogP contribution in [0.5, 0.6) is 0 Å². The number of benzene rings is 1. The Kier molecular flexibility index (Phi) is 4.73. The van der Waals surface area contributed by atoms with Gasteiger partial charge >= 0.3 is 5.97 Å². The first-order chi connectivity index (χ1) is 10.3. The van der Waals surface area contributed by atoms with E-state index >= 15 is 0 Å². The number of nitro groups is 1. The zero-order valence-corrected chi connectivity index (χ0v) is 12.2. The fourth-order valence-corrected chi connectivity index (χ4v) is 2.76. The predicted octanol–water partition coefficient (Wildman–Crippen LogP) is 3.89. The molecule has 1 fully saturated rings. The number of nitrogens with zero attached hydrogens (tertiary/aromatic N) is 1. The quantitative estimate of drug-likeness (QED) is 0.480. The monoisotopic (exact) mass is 313 g/mol. The third-order valence-corrected chi connectivity index (χ3v) is 3.83. The summed E-state index contributed by atoms with van der Waals surface area (Å²) in [4.78, 5) is 22.4. The van der Waals surface area contributed by atoms with E-state index in [2.05, 4.69) is 0 Å². The van der Waals surface area contributed by atoms with Crippen LogP contribution in [0.3, 0.4) is 0 Å². The number of hydrogen-bond donors (Lipinski definition) is 0. The maximum Gasteiger partial charge on any atom is 0.345 e. The van der Waals surface area contributed by atoms with E-state index in [4.69, 9.17) is 4.74 Å². The molecular weight excluding hydrogens is 296 g/mol. The van der Waals surface area contributed by atoms with E-state index in [0.717, 1.165) is 0 Å². The number of carbonyl (C=O) groups excluding carboxylic acids is 1. The third kappa shape index (κ3) is 3.78. The summed E-state index contributed by atoms with van der Waals surface area (Å²) in [5.74, 6) is -3.97. The van der Waals surface area contributed by atoms with Crippen LogP contribution in [-0.2, 0) is 4.74 Å². The predicted molar refractivity (Wildman–Crippen MR) is 75.0 cm³/mol. The van der Waals surface area contributed by atoms with E-state index in [9.17, 15) is 23.7 Å². The second-order valence-corrected chi connectivity index (χ2v) is 5.64. The Morgan fingerprint density at radius 1 is 1.50 bits per heavy atom. The molecule has 0 spiro atoms. The number of hydrogen-bond acceptors (Lipinski definition) is 4. The number of alkyl halides is 2. The molecule has 1 aliphatic carbocycles. The molecule has 0 aromatic heterocycles. The molecule has 120 valence electrons. The number of carbonyl (C=O) groups is 1. The van der Waals surface area contributed by atoms with Gasteiger partial charge in [-0.1, -0.05) is 12.1 Å². The lowest BCUT2D eigenvalue weighted by Crippen LogP contribution is -2.29. The van der Waals surface area contributed by atoms with Gasteiger partial charge in [0.25, 0.3) is 5.69 Å². The first kappa shape index (κ1) is 16.3. The molecule has 1 aromatic rings. The van der Waals surface area contributed by atoms with Crippen molar-refractivity contribution in [1.29, 1.82) is 0 Å². The van der Waals surface area contributed by atoms with Crippen LogP contribution in [0.15, 0.2) is 18.2 Å². The lowest BCUT2D eigenvalue weighted by Gasteiger charge is -2.28. The molecule has 0 N–H and O–H groups in total. The van der Waals surface area contributed by atoms with E-state index in [1.54, 1.807) is 0 Å². The van der Waals surface area contributed by atoms with Crippen molar-refractivity contribution >= 4 is 11.7 Å². The lowest BCUT2D eigenvalue weighted by atomic mass is 9.87. The first-order valence-electron chi connectivity index (χ1n) is 7.09. The summed E-state index contributed by atoms with van der Waals surface area (Å²) >= 11 is 0. The topological polar surface area (TPSA) is 69.4 Å². The number of para-hydroxylation sites is 1. The molecule has 5 nitrogen and oxygen atoms in total. The van der Waals surface area contributed by atoms with Gasteiger partial charge in [-0.3, -0.25) is 10.1 Å². The Morgan fingerprint density at radius 2 is 2.23 bits per heavy atom. The largest absolute Gasteiger partial charge is 0.462 e. The Balaban J connectivity index is 2.04. The summed E-state index contributed by atoms with van der Waals surface area (Å²) in [5.41, 5.74) is -0.0994. The highest BCUT2D eigenvalue weighted by atomic mass is 19.3. The van der Waals surface area contributed by atoms with Gasteiger partial charge in [-0.05, 0) is 31.7 Å². The smallest absolute Gasteiger partial charge is 0.345 e. The molecule has 0 heterocycles. The zero-order chi connectivity index (χ0) is 16.3. The SMILES string of the molecule is Cc1cccc(C(=O)OC[C@H]2CCCC(F)(F)C2)c1[N+](=O)[O-].